The summed E-state index contributed by atoms with van der Waals surface area (Å²) in [6.07, 6.45) is 1.36. The third-order valence-corrected chi connectivity index (χ3v) is 2.68. The quantitative estimate of drug-likeness (QED) is 0.740. The molecule has 0 aliphatic rings. The predicted octanol–water partition coefficient (Wildman–Crippen LogP) is 2.13. The number of nitriles is 1. The van der Waals surface area contributed by atoms with E-state index in [1.54, 1.807) is 24.3 Å². The molecule has 106 valence electrons. The Bertz CT molecular complexity index is 505. The van der Waals surface area contributed by atoms with Crippen molar-refractivity contribution in [2.75, 3.05) is 5.32 Å². The molecule has 1 unspecified atom stereocenters. The Morgan fingerprint density at radius 2 is 2.00 bits per heavy atom. The van der Waals surface area contributed by atoms with E-state index < -0.39 is 18.0 Å². The molecule has 1 atom stereocenters. The molecule has 0 fully saturated rings. The largest absolute Gasteiger partial charge is 0.480 e. The highest BCUT2D eigenvalue weighted by Gasteiger charge is 2.18. The van der Waals surface area contributed by atoms with Gasteiger partial charge in [0.2, 0.25) is 0 Å². The van der Waals surface area contributed by atoms with E-state index in [1.165, 1.54) is 0 Å². The summed E-state index contributed by atoms with van der Waals surface area (Å²) >= 11 is 0. The Morgan fingerprint density at radius 3 is 2.50 bits per heavy atom. The maximum atomic E-state index is 11.7. The second kappa shape index (κ2) is 7.79. The molecule has 0 heterocycles. The molecule has 1 aromatic carbocycles. The van der Waals surface area contributed by atoms with Gasteiger partial charge in [-0.05, 0) is 24.1 Å². The van der Waals surface area contributed by atoms with Crippen molar-refractivity contribution in [1.82, 2.24) is 5.32 Å². The van der Waals surface area contributed by atoms with Crippen molar-refractivity contribution in [3.8, 4) is 6.07 Å². The molecule has 3 N–H and O–H groups in total. The van der Waals surface area contributed by atoms with E-state index >= 15 is 0 Å². The lowest BCUT2D eigenvalue weighted by molar-refractivity contribution is -0.139. The number of urea groups is 1. The van der Waals surface area contributed by atoms with Crippen molar-refractivity contribution in [3.63, 3.8) is 0 Å². The molecular weight excluding hydrogens is 258 g/mol. The maximum absolute atomic E-state index is 11.7. The molecule has 0 bridgehead atoms. The summed E-state index contributed by atoms with van der Waals surface area (Å²) in [6.45, 7) is 1.85. The molecule has 0 aliphatic carbocycles. The van der Waals surface area contributed by atoms with Crippen molar-refractivity contribution in [3.05, 3.63) is 29.8 Å². The van der Waals surface area contributed by atoms with Gasteiger partial charge in [-0.15, -0.1) is 0 Å². The lowest BCUT2D eigenvalue weighted by Crippen LogP contribution is -2.42. The highest BCUT2D eigenvalue weighted by molar-refractivity contribution is 5.92. The molecule has 0 saturated carbocycles. The van der Waals surface area contributed by atoms with Gasteiger partial charge in [0.15, 0.2) is 0 Å². The van der Waals surface area contributed by atoms with Crippen molar-refractivity contribution >= 4 is 17.7 Å². The lowest BCUT2D eigenvalue weighted by atomic mass is 10.1. The first-order valence-electron chi connectivity index (χ1n) is 6.33. The number of nitrogens with zero attached hydrogens (tertiary/aromatic N) is 1. The number of carbonyl (C=O) groups is 2. The Morgan fingerprint density at radius 1 is 1.35 bits per heavy atom. The van der Waals surface area contributed by atoms with Crippen LogP contribution in [0.15, 0.2) is 24.3 Å². The number of carboxylic acid groups (broad SMARTS) is 1. The fourth-order valence-electron chi connectivity index (χ4n) is 1.67. The zero-order valence-corrected chi connectivity index (χ0v) is 11.2. The Kier molecular flexibility index (Phi) is 6.04. The van der Waals surface area contributed by atoms with Crippen LogP contribution in [0.25, 0.3) is 0 Å². The van der Waals surface area contributed by atoms with E-state index in [2.05, 4.69) is 10.6 Å². The van der Waals surface area contributed by atoms with Gasteiger partial charge in [-0.2, -0.15) is 5.26 Å². The van der Waals surface area contributed by atoms with E-state index in [9.17, 15) is 9.59 Å². The van der Waals surface area contributed by atoms with Crippen LogP contribution in [0.3, 0.4) is 0 Å². The summed E-state index contributed by atoms with van der Waals surface area (Å²) in [4.78, 5) is 22.6. The molecule has 20 heavy (non-hydrogen) atoms. The highest BCUT2D eigenvalue weighted by Crippen LogP contribution is 2.10. The van der Waals surface area contributed by atoms with Crippen molar-refractivity contribution in [2.24, 2.45) is 0 Å². The van der Waals surface area contributed by atoms with E-state index in [1.807, 2.05) is 13.0 Å². The number of rotatable bonds is 6. The summed E-state index contributed by atoms with van der Waals surface area (Å²) < 4.78 is 0. The maximum Gasteiger partial charge on any atom is 0.326 e. The van der Waals surface area contributed by atoms with Gasteiger partial charge in [-0.1, -0.05) is 25.5 Å². The van der Waals surface area contributed by atoms with Crippen LogP contribution < -0.4 is 10.6 Å². The second-order valence-corrected chi connectivity index (χ2v) is 4.31. The third-order valence-electron chi connectivity index (χ3n) is 2.68. The molecule has 2 amide bonds. The monoisotopic (exact) mass is 275 g/mol. The zero-order chi connectivity index (χ0) is 15.0. The van der Waals surface area contributed by atoms with E-state index in [-0.39, 0.29) is 0 Å². The molecule has 0 radical (unpaired) electrons. The van der Waals surface area contributed by atoms with E-state index in [4.69, 9.17) is 10.4 Å². The summed E-state index contributed by atoms with van der Waals surface area (Å²) in [5.41, 5.74) is 1.40. The minimum atomic E-state index is -1.05. The van der Waals surface area contributed by atoms with Crippen molar-refractivity contribution in [1.29, 1.82) is 5.26 Å². The number of carbonyl (C=O) groups excluding carboxylic acids is 1. The minimum Gasteiger partial charge on any atom is -0.480 e. The van der Waals surface area contributed by atoms with Gasteiger partial charge in [0, 0.05) is 5.69 Å². The molecule has 0 spiro atoms. The van der Waals surface area contributed by atoms with Crippen LogP contribution in [0, 0.1) is 11.3 Å². The molecule has 6 heteroatoms. The number of hydrogen-bond acceptors (Lipinski definition) is 3. The summed E-state index contributed by atoms with van der Waals surface area (Å²) in [5, 5.41) is 22.5. The van der Waals surface area contributed by atoms with Crippen LogP contribution in [0.1, 0.15) is 25.3 Å². The average Bonchev–Trinajstić information content (AvgIpc) is 2.40. The van der Waals surface area contributed by atoms with Gasteiger partial charge < -0.3 is 15.7 Å². The smallest absolute Gasteiger partial charge is 0.326 e. The molecule has 6 nitrogen and oxygen atoms in total. The van der Waals surface area contributed by atoms with Crippen LogP contribution in [0.4, 0.5) is 10.5 Å². The zero-order valence-electron chi connectivity index (χ0n) is 11.2. The first-order chi connectivity index (χ1) is 9.56. The molecule has 0 aliphatic heterocycles. The Labute approximate surface area is 117 Å². The van der Waals surface area contributed by atoms with Crippen LogP contribution in [0.5, 0.6) is 0 Å². The van der Waals surface area contributed by atoms with Crippen LogP contribution in [-0.4, -0.2) is 23.1 Å². The molecule has 1 aromatic rings. The minimum absolute atomic E-state index is 0.310. The van der Waals surface area contributed by atoms with Gasteiger partial charge in [0.25, 0.3) is 0 Å². The van der Waals surface area contributed by atoms with Crippen molar-refractivity contribution < 1.29 is 14.7 Å². The van der Waals surface area contributed by atoms with Gasteiger partial charge in [0.05, 0.1) is 12.5 Å². The first-order valence-corrected chi connectivity index (χ1v) is 6.33. The van der Waals surface area contributed by atoms with Crippen LogP contribution in [0.2, 0.25) is 0 Å². The SMILES string of the molecule is CCCC(NC(=O)Nc1ccc(CC#N)cc1)C(=O)O. The number of anilines is 1. The third kappa shape index (κ3) is 4.98. The topological polar surface area (TPSA) is 102 Å². The predicted molar refractivity (Wildman–Crippen MR) is 74.2 cm³/mol. The normalized spacial score (nSPS) is 11.2. The number of nitrogens with one attached hydrogen (secondary N) is 2. The second-order valence-electron chi connectivity index (χ2n) is 4.31. The molecule has 1 rings (SSSR count). The number of amides is 2. The standard InChI is InChI=1S/C14H17N3O3/c1-2-3-12(13(18)19)17-14(20)16-11-6-4-10(5-7-11)8-9-15/h4-7,12H,2-3,8H2,1H3,(H,18,19)(H2,16,17,20). The van der Waals surface area contributed by atoms with Gasteiger partial charge in [-0.3, -0.25) is 0 Å². The number of hydrogen-bond donors (Lipinski definition) is 3. The number of aliphatic carboxylic acids is 1. The Hall–Kier alpha value is -2.55. The Balaban J connectivity index is 2.57. The summed E-state index contributed by atoms with van der Waals surface area (Å²) in [7, 11) is 0. The molecule has 0 aromatic heterocycles. The van der Waals surface area contributed by atoms with Crippen LogP contribution >= 0.6 is 0 Å². The molecule has 0 saturated heterocycles. The van der Waals surface area contributed by atoms with Gasteiger partial charge in [-0.25, -0.2) is 9.59 Å². The fraction of sp³-hybridized carbons (Fsp3) is 0.357. The summed E-state index contributed by atoms with van der Waals surface area (Å²) in [6, 6.07) is 7.39. The summed E-state index contributed by atoms with van der Waals surface area (Å²) in [5.74, 6) is -1.05. The van der Waals surface area contributed by atoms with E-state index in [0.29, 0.717) is 24.9 Å². The van der Waals surface area contributed by atoms with Gasteiger partial charge in [0.1, 0.15) is 6.04 Å². The van der Waals surface area contributed by atoms with E-state index in [0.717, 1.165) is 5.56 Å². The highest BCUT2D eigenvalue weighted by atomic mass is 16.4. The fourth-order valence-corrected chi connectivity index (χ4v) is 1.67. The van der Waals surface area contributed by atoms with Gasteiger partial charge >= 0.3 is 12.0 Å². The average molecular weight is 275 g/mol. The van der Waals surface area contributed by atoms with Crippen LogP contribution in [-0.2, 0) is 11.2 Å². The van der Waals surface area contributed by atoms with Crippen molar-refractivity contribution in [2.45, 2.75) is 32.2 Å². The first kappa shape index (κ1) is 15.5. The molecular formula is C14H17N3O3. The number of carboxylic acids is 1. The lowest BCUT2D eigenvalue weighted by Gasteiger charge is -2.14. The number of benzene rings is 1.